The smallest absolute Gasteiger partial charge is 0.129 e. The molecule has 1 aromatic carbocycles. The van der Waals surface area contributed by atoms with E-state index in [4.69, 9.17) is 0 Å². The first kappa shape index (κ1) is 12.2. The number of halogens is 3. The molecule has 0 aliphatic carbocycles. The minimum Gasteiger partial charge on any atom is -0.349 e. The van der Waals surface area contributed by atoms with Crippen LogP contribution in [0.2, 0.25) is 0 Å². The van der Waals surface area contributed by atoms with Crippen molar-refractivity contribution in [1.29, 1.82) is 0 Å². The summed E-state index contributed by atoms with van der Waals surface area (Å²) in [5.74, 6) is -0.216. The largest absolute Gasteiger partial charge is 0.349 e. The van der Waals surface area contributed by atoms with Crippen LogP contribution in [-0.4, -0.2) is 14.8 Å². The standard InChI is InChI=1S/C12H11BrF2N2/c13-9(6-12-16-3-4-17-12)5-8-1-2-10(14)7-11(8)15/h1-4,7,9H,5-6H2,(H,16,17). The third kappa shape index (κ3) is 3.36. The van der Waals surface area contributed by atoms with Gasteiger partial charge in [0.2, 0.25) is 0 Å². The number of benzene rings is 1. The van der Waals surface area contributed by atoms with E-state index in [2.05, 4.69) is 25.9 Å². The lowest BCUT2D eigenvalue weighted by atomic mass is 10.1. The van der Waals surface area contributed by atoms with Gasteiger partial charge in [-0.25, -0.2) is 13.8 Å². The number of H-pyrrole nitrogens is 1. The molecule has 0 spiro atoms. The molecule has 0 amide bonds. The number of nitrogens with one attached hydrogen (secondary N) is 1. The minimum atomic E-state index is -0.552. The van der Waals surface area contributed by atoms with E-state index in [9.17, 15) is 8.78 Å². The van der Waals surface area contributed by atoms with E-state index in [1.807, 2.05) is 0 Å². The van der Waals surface area contributed by atoms with Gasteiger partial charge in [0.05, 0.1) is 0 Å². The quantitative estimate of drug-likeness (QED) is 0.863. The average Bonchev–Trinajstić information content (AvgIpc) is 2.75. The maximum absolute atomic E-state index is 13.4. The number of aromatic nitrogens is 2. The van der Waals surface area contributed by atoms with Crippen molar-refractivity contribution in [2.24, 2.45) is 0 Å². The third-order valence-electron chi connectivity index (χ3n) is 2.43. The molecule has 0 bridgehead atoms. The van der Waals surface area contributed by atoms with Crippen molar-refractivity contribution in [3.05, 3.63) is 53.6 Å². The van der Waals surface area contributed by atoms with Gasteiger partial charge in [-0.15, -0.1) is 0 Å². The Morgan fingerprint density at radius 2 is 2.12 bits per heavy atom. The van der Waals surface area contributed by atoms with Gasteiger partial charge in [-0.3, -0.25) is 0 Å². The molecule has 1 atom stereocenters. The zero-order valence-electron chi connectivity index (χ0n) is 8.96. The highest BCUT2D eigenvalue weighted by Gasteiger charge is 2.11. The Labute approximate surface area is 106 Å². The zero-order chi connectivity index (χ0) is 12.3. The maximum atomic E-state index is 13.4. The molecular formula is C12H11BrF2N2. The van der Waals surface area contributed by atoms with Crippen LogP contribution in [0.5, 0.6) is 0 Å². The summed E-state index contributed by atoms with van der Waals surface area (Å²) in [6, 6.07) is 3.65. The number of alkyl halides is 1. The van der Waals surface area contributed by atoms with Crippen LogP contribution in [0.4, 0.5) is 8.78 Å². The van der Waals surface area contributed by atoms with Crippen molar-refractivity contribution < 1.29 is 8.78 Å². The number of hydrogen-bond donors (Lipinski definition) is 1. The van der Waals surface area contributed by atoms with Gasteiger partial charge < -0.3 is 4.98 Å². The first-order valence-corrected chi connectivity index (χ1v) is 6.13. The van der Waals surface area contributed by atoms with E-state index in [1.54, 1.807) is 12.4 Å². The highest BCUT2D eigenvalue weighted by molar-refractivity contribution is 9.09. The monoisotopic (exact) mass is 300 g/mol. The van der Waals surface area contributed by atoms with Crippen LogP contribution in [0, 0.1) is 11.6 Å². The highest BCUT2D eigenvalue weighted by Crippen LogP contribution is 2.17. The van der Waals surface area contributed by atoms with E-state index in [0.29, 0.717) is 18.4 Å². The van der Waals surface area contributed by atoms with Crippen molar-refractivity contribution >= 4 is 15.9 Å². The fraction of sp³-hybridized carbons (Fsp3) is 0.250. The van der Waals surface area contributed by atoms with Crippen LogP contribution in [-0.2, 0) is 12.8 Å². The first-order chi connectivity index (χ1) is 8.15. The molecule has 0 radical (unpaired) electrons. The second-order valence-corrected chi connectivity index (χ2v) is 5.07. The van der Waals surface area contributed by atoms with Crippen molar-refractivity contribution in [2.75, 3.05) is 0 Å². The fourth-order valence-electron chi connectivity index (χ4n) is 1.62. The molecule has 17 heavy (non-hydrogen) atoms. The predicted octanol–water partition coefficient (Wildman–Crippen LogP) is 3.24. The van der Waals surface area contributed by atoms with Gasteiger partial charge in [-0.2, -0.15) is 0 Å². The van der Waals surface area contributed by atoms with Crippen LogP contribution in [0.1, 0.15) is 11.4 Å². The summed E-state index contributed by atoms with van der Waals surface area (Å²) in [5.41, 5.74) is 0.500. The van der Waals surface area contributed by atoms with E-state index >= 15 is 0 Å². The highest BCUT2D eigenvalue weighted by atomic mass is 79.9. The molecule has 2 nitrogen and oxygen atoms in total. The normalized spacial score (nSPS) is 12.6. The van der Waals surface area contributed by atoms with Crippen LogP contribution >= 0.6 is 15.9 Å². The minimum absolute atomic E-state index is 0.0635. The number of nitrogens with zero attached hydrogens (tertiary/aromatic N) is 1. The van der Waals surface area contributed by atoms with Gasteiger partial charge in [-0.05, 0) is 18.1 Å². The Balaban J connectivity index is 2.00. The Morgan fingerprint density at radius 3 is 2.76 bits per heavy atom. The van der Waals surface area contributed by atoms with Crippen LogP contribution in [0.3, 0.4) is 0 Å². The average molecular weight is 301 g/mol. The lowest BCUT2D eigenvalue weighted by Crippen LogP contribution is -2.09. The lowest BCUT2D eigenvalue weighted by molar-refractivity contribution is 0.570. The molecule has 0 aliphatic heterocycles. The van der Waals surface area contributed by atoms with Crippen LogP contribution in [0.25, 0.3) is 0 Å². The number of imidazole rings is 1. The molecule has 1 aromatic heterocycles. The predicted molar refractivity (Wildman–Crippen MR) is 65.1 cm³/mol. The summed E-state index contributed by atoms with van der Waals surface area (Å²) >= 11 is 3.47. The van der Waals surface area contributed by atoms with Gasteiger partial charge in [0.1, 0.15) is 17.5 Å². The van der Waals surface area contributed by atoms with Gasteiger partial charge >= 0.3 is 0 Å². The Hall–Kier alpha value is -1.23. The summed E-state index contributed by atoms with van der Waals surface area (Å²) < 4.78 is 26.1. The molecule has 1 unspecified atom stereocenters. The summed E-state index contributed by atoms with van der Waals surface area (Å²) in [6.07, 6.45) is 4.58. The number of rotatable bonds is 4. The summed E-state index contributed by atoms with van der Waals surface area (Å²) in [6.45, 7) is 0. The van der Waals surface area contributed by atoms with E-state index in [-0.39, 0.29) is 4.83 Å². The number of aromatic amines is 1. The topological polar surface area (TPSA) is 28.7 Å². The SMILES string of the molecule is Fc1ccc(CC(Br)Cc2ncc[nH]2)c(F)c1. The van der Waals surface area contributed by atoms with Gasteiger partial charge in [0.15, 0.2) is 0 Å². The van der Waals surface area contributed by atoms with Crippen LogP contribution < -0.4 is 0 Å². The number of hydrogen-bond acceptors (Lipinski definition) is 1. The molecule has 0 fully saturated rings. The van der Waals surface area contributed by atoms with Crippen molar-refractivity contribution in [2.45, 2.75) is 17.7 Å². The molecule has 0 saturated carbocycles. The Bertz CT molecular complexity index is 485. The zero-order valence-corrected chi connectivity index (χ0v) is 10.5. The second kappa shape index (κ2) is 5.40. The fourth-order valence-corrected chi connectivity index (χ4v) is 2.27. The molecule has 2 rings (SSSR count). The van der Waals surface area contributed by atoms with Gasteiger partial charge in [-0.1, -0.05) is 22.0 Å². The summed E-state index contributed by atoms with van der Waals surface area (Å²) in [5, 5.41) is 0. The van der Waals surface area contributed by atoms with Crippen molar-refractivity contribution in [3.8, 4) is 0 Å². The molecule has 1 heterocycles. The van der Waals surface area contributed by atoms with Crippen LogP contribution in [0.15, 0.2) is 30.6 Å². The van der Waals surface area contributed by atoms with E-state index in [0.717, 1.165) is 11.9 Å². The van der Waals surface area contributed by atoms with E-state index in [1.165, 1.54) is 12.1 Å². The summed E-state index contributed by atoms with van der Waals surface area (Å²) in [7, 11) is 0. The summed E-state index contributed by atoms with van der Waals surface area (Å²) in [4.78, 5) is 7.14. The molecule has 2 aromatic rings. The van der Waals surface area contributed by atoms with Gasteiger partial charge in [0.25, 0.3) is 0 Å². The molecule has 5 heteroatoms. The van der Waals surface area contributed by atoms with Crippen molar-refractivity contribution in [3.63, 3.8) is 0 Å². The Kier molecular flexibility index (Phi) is 3.89. The van der Waals surface area contributed by atoms with Crippen molar-refractivity contribution in [1.82, 2.24) is 9.97 Å². The Morgan fingerprint density at radius 1 is 1.29 bits per heavy atom. The lowest BCUT2D eigenvalue weighted by Gasteiger charge is -2.09. The molecule has 90 valence electrons. The first-order valence-electron chi connectivity index (χ1n) is 5.21. The van der Waals surface area contributed by atoms with Gasteiger partial charge in [0, 0.05) is 29.7 Å². The molecule has 0 saturated heterocycles. The molecule has 0 aliphatic rings. The van der Waals surface area contributed by atoms with E-state index < -0.39 is 11.6 Å². The molecule has 1 N–H and O–H groups in total. The maximum Gasteiger partial charge on any atom is 0.129 e. The third-order valence-corrected chi connectivity index (χ3v) is 3.07. The second-order valence-electron chi connectivity index (χ2n) is 3.78. The molecular weight excluding hydrogens is 290 g/mol.